The molecule has 1 rings (SSSR count). The fourth-order valence-corrected chi connectivity index (χ4v) is 0.997. The molecule has 1 aromatic rings. The predicted molar refractivity (Wildman–Crippen MR) is 44.9 cm³/mol. The molecule has 0 aromatic heterocycles. The third-order valence-electron chi connectivity index (χ3n) is 1.39. The van der Waals surface area contributed by atoms with Crippen molar-refractivity contribution in [1.29, 1.82) is 0 Å². The third kappa shape index (κ3) is 1.94. The van der Waals surface area contributed by atoms with Gasteiger partial charge in [0.2, 0.25) is 0 Å². The number of phenolic OH excluding ortho intramolecular Hbond substituents is 1. The second-order valence-electron chi connectivity index (χ2n) is 2.23. The highest BCUT2D eigenvalue weighted by Crippen LogP contribution is 2.24. The molecular weight excluding hydrogens is 198 g/mol. The van der Waals surface area contributed by atoms with E-state index in [9.17, 15) is 14.9 Å². The van der Waals surface area contributed by atoms with E-state index in [1.807, 2.05) is 0 Å². The molecule has 0 fully saturated rings. The van der Waals surface area contributed by atoms with E-state index < -0.39 is 15.9 Å². The molecule has 0 aliphatic heterocycles. The van der Waals surface area contributed by atoms with Gasteiger partial charge in [-0.1, -0.05) is 0 Å². The fourth-order valence-electron chi connectivity index (χ4n) is 0.837. The van der Waals surface area contributed by atoms with Crippen molar-refractivity contribution in [1.82, 2.24) is 0 Å². The molecule has 0 unspecified atom stereocenters. The Morgan fingerprint density at radius 3 is 2.62 bits per heavy atom. The predicted octanol–water partition coefficient (Wildman–Crippen LogP) is 1.68. The Bertz CT molecular complexity index is 377. The Balaban J connectivity index is 3.35. The number of hydrogen-bond donors (Lipinski definition) is 1. The Labute approximate surface area is 77.7 Å². The van der Waals surface area contributed by atoms with Crippen LogP contribution in [-0.4, -0.2) is 15.3 Å². The van der Waals surface area contributed by atoms with Gasteiger partial charge in [-0.15, -0.1) is 0 Å². The van der Waals surface area contributed by atoms with Crippen molar-refractivity contribution < 1.29 is 14.8 Å². The molecule has 0 saturated carbocycles. The van der Waals surface area contributed by atoms with Gasteiger partial charge in [0, 0.05) is 0 Å². The minimum atomic E-state index is -0.924. The number of benzene rings is 1. The highest BCUT2D eigenvalue weighted by atomic mass is 35.5. The van der Waals surface area contributed by atoms with Crippen LogP contribution in [0.3, 0.4) is 0 Å². The van der Waals surface area contributed by atoms with E-state index >= 15 is 0 Å². The lowest BCUT2D eigenvalue weighted by Crippen LogP contribution is -1.97. The second-order valence-corrected chi connectivity index (χ2v) is 2.58. The van der Waals surface area contributed by atoms with Crippen molar-refractivity contribution in [2.75, 3.05) is 0 Å². The third-order valence-corrected chi connectivity index (χ3v) is 1.59. The average molecular weight is 202 g/mol. The van der Waals surface area contributed by atoms with Gasteiger partial charge in [0.25, 0.3) is 10.9 Å². The van der Waals surface area contributed by atoms with E-state index in [0.717, 1.165) is 18.2 Å². The molecular formula is C7H4ClNO4. The first-order valence-electron chi connectivity index (χ1n) is 3.19. The second kappa shape index (κ2) is 3.40. The van der Waals surface area contributed by atoms with Gasteiger partial charge in [-0.25, -0.2) is 0 Å². The molecule has 0 amide bonds. The summed E-state index contributed by atoms with van der Waals surface area (Å²) in [5.74, 6) is -0.284. The number of nitrogens with zero attached hydrogens (tertiary/aromatic N) is 1. The van der Waals surface area contributed by atoms with Crippen LogP contribution in [0.25, 0.3) is 0 Å². The van der Waals surface area contributed by atoms with Crippen molar-refractivity contribution in [3.05, 3.63) is 33.9 Å². The molecule has 6 heteroatoms. The van der Waals surface area contributed by atoms with Crippen molar-refractivity contribution >= 4 is 22.5 Å². The van der Waals surface area contributed by atoms with Gasteiger partial charge in [-0.3, -0.25) is 14.9 Å². The SMILES string of the molecule is O=C(Cl)c1ccc(O)cc1[N+](=O)[O-]. The van der Waals surface area contributed by atoms with Gasteiger partial charge in [-0.2, -0.15) is 0 Å². The molecule has 1 aromatic carbocycles. The number of rotatable bonds is 2. The van der Waals surface area contributed by atoms with Crippen LogP contribution in [0.2, 0.25) is 0 Å². The maximum absolute atomic E-state index is 10.7. The molecule has 0 aliphatic carbocycles. The number of halogens is 1. The zero-order valence-corrected chi connectivity index (χ0v) is 6.99. The molecule has 0 saturated heterocycles. The van der Waals surface area contributed by atoms with E-state index in [0.29, 0.717) is 0 Å². The summed E-state index contributed by atoms with van der Waals surface area (Å²) in [4.78, 5) is 20.2. The standard InChI is InChI=1S/C7H4ClNO4/c8-7(11)5-2-1-4(10)3-6(5)9(12)13/h1-3,10H. The number of nitro benzene ring substituents is 1. The molecule has 13 heavy (non-hydrogen) atoms. The van der Waals surface area contributed by atoms with Gasteiger partial charge in [0.05, 0.1) is 11.0 Å². The molecule has 0 bridgehead atoms. The summed E-state index contributed by atoms with van der Waals surface area (Å²) in [6, 6.07) is 3.13. The van der Waals surface area contributed by atoms with Crippen molar-refractivity contribution in [2.45, 2.75) is 0 Å². The zero-order chi connectivity index (χ0) is 10.0. The summed E-state index contributed by atoms with van der Waals surface area (Å²) in [6.07, 6.45) is 0. The Morgan fingerprint density at radius 1 is 1.54 bits per heavy atom. The van der Waals surface area contributed by atoms with Gasteiger partial charge < -0.3 is 5.11 Å². The van der Waals surface area contributed by atoms with E-state index in [1.54, 1.807) is 0 Å². The lowest BCUT2D eigenvalue weighted by molar-refractivity contribution is -0.385. The molecule has 0 atom stereocenters. The number of carbonyl (C=O) groups excluding carboxylic acids is 1. The first-order chi connectivity index (χ1) is 6.02. The van der Waals surface area contributed by atoms with Crippen molar-refractivity contribution in [3.8, 4) is 5.75 Å². The minimum Gasteiger partial charge on any atom is -0.508 e. The summed E-state index contributed by atoms with van der Waals surface area (Å²) in [7, 11) is 0. The number of aromatic hydroxyl groups is 1. The van der Waals surface area contributed by atoms with Crippen LogP contribution in [0.15, 0.2) is 18.2 Å². The molecule has 0 spiro atoms. The summed E-state index contributed by atoms with van der Waals surface area (Å²) in [5, 5.41) is 18.3. The van der Waals surface area contributed by atoms with E-state index in [2.05, 4.69) is 0 Å². The van der Waals surface area contributed by atoms with Crippen molar-refractivity contribution in [3.63, 3.8) is 0 Å². The fraction of sp³-hybridized carbons (Fsp3) is 0. The smallest absolute Gasteiger partial charge is 0.285 e. The molecule has 68 valence electrons. The largest absolute Gasteiger partial charge is 0.508 e. The number of phenols is 1. The van der Waals surface area contributed by atoms with Crippen LogP contribution in [0, 0.1) is 10.1 Å². The Hall–Kier alpha value is -1.62. The summed E-state index contributed by atoms with van der Waals surface area (Å²) >= 11 is 5.08. The number of carbonyl (C=O) groups is 1. The maximum Gasteiger partial charge on any atom is 0.285 e. The highest BCUT2D eigenvalue weighted by Gasteiger charge is 2.18. The normalized spacial score (nSPS) is 9.62. The van der Waals surface area contributed by atoms with Crippen LogP contribution in [0.4, 0.5) is 5.69 Å². The monoisotopic (exact) mass is 201 g/mol. The molecule has 5 nitrogen and oxygen atoms in total. The maximum atomic E-state index is 10.7. The van der Waals surface area contributed by atoms with Crippen LogP contribution < -0.4 is 0 Å². The van der Waals surface area contributed by atoms with Crippen LogP contribution in [-0.2, 0) is 0 Å². The van der Waals surface area contributed by atoms with Crippen LogP contribution in [0.5, 0.6) is 5.75 Å². The minimum absolute atomic E-state index is 0.232. The lowest BCUT2D eigenvalue weighted by atomic mass is 10.2. The van der Waals surface area contributed by atoms with E-state index in [1.165, 1.54) is 0 Å². The number of nitro groups is 1. The first-order valence-corrected chi connectivity index (χ1v) is 3.57. The summed E-state index contributed by atoms with van der Waals surface area (Å²) in [5.41, 5.74) is -0.732. The average Bonchev–Trinajstić information content (AvgIpc) is 2.03. The lowest BCUT2D eigenvalue weighted by Gasteiger charge is -1.97. The van der Waals surface area contributed by atoms with E-state index in [-0.39, 0.29) is 11.3 Å². The Kier molecular flexibility index (Phi) is 2.48. The van der Waals surface area contributed by atoms with E-state index in [4.69, 9.17) is 16.7 Å². The van der Waals surface area contributed by atoms with Crippen molar-refractivity contribution in [2.24, 2.45) is 0 Å². The zero-order valence-electron chi connectivity index (χ0n) is 6.23. The Morgan fingerprint density at radius 2 is 2.15 bits per heavy atom. The quantitative estimate of drug-likeness (QED) is 0.448. The molecule has 0 heterocycles. The number of hydrogen-bond acceptors (Lipinski definition) is 4. The highest BCUT2D eigenvalue weighted by molar-refractivity contribution is 6.68. The van der Waals surface area contributed by atoms with Gasteiger partial charge in [0.15, 0.2) is 0 Å². The van der Waals surface area contributed by atoms with Gasteiger partial charge in [0.1, 0.15) is 11.3 Å². The summed E-state index contributed by atoms with van der Waals surface area (Å²) < 4.78 is 0. The van der Waals surface area contributed by atoms with Gasteiger partial charge in [-0.05, 0) is 23.7 Å². The van der Waals surface area contributed by atoms with Gasteiger partial charge >= 0.3 is 0 Å². The molecule has 0 aliphatic rings. The van der Waals surface area contributed by atoms with Crippen LogP contribution >= 0.6 is 11.6 Å². The topological polar surface area (TPSA) is 80.4 Å². The summed E-state index contributed by atoms with van der Waals surface area (Å²) in [6.45, 7) is 0. The molecule has 1 N–H and O–H groups in total. The van der Waals surface area contributed by atoms with Crippen LogP contribution in [0.1, 0.15) is 10.4 Å². The molecule has 0 radical (unpaired) electrons. The first kappa shape index (κ1) is 9.47.